The molecule has 1 heterocycles. The van der Waals surface area contributed by atoms with E-state index in [0.717, 1.165) is 12.1 Å². The van der Waals surface area contributed by atoms with Gasteiger partial charge in [0.05, 0.1) is 33.0 Å². The molecule has 3 rings (SSSR count). The molecule has 0 saturated carbocycles. The van der Waals surface area contributed by atoms with Gasteiger partial charge in [-0.2, -0.15) is 0 Å². The second-order valence-corrected chi connectivity index (χ2v) is 10.4. The molecular formula is C17H16ClFN2O5S2. The van der Waals surface area contributed by atoms with Crippen molar-refractivity contribution in [1.82, 2.24) is 0 Å². The van der Waals surface area contributed by atoms with Gasteiger partial charge in [0.2, 0.25) is 15.9 Å². The summed E-state index contributed by atoms with van der Waals surface area (Å²) in [6.45, 7) is 3.00. The molecule has 0 spiro atoms. The third kappa shape index (κ3) is 3.71. The smallest absolute Gasteiger partial charge is 0.262 e. The molecule has 1 atom stereocenters. The Morgan fingerprint density at radius 3 is 2.43 bits per heavy atom. The van der Waals surface area contributed by atoms with Crippen molar-refractivity contribution in [2.75, 3.05) is 14.8 Å². The fourth-order valence-electron chi connectivity index (χ4n) is 2.92. The van der Waals surface area contributed by atoms with Gasteiger partial charge in [0.1, 0.15) is 5.82 Å². The lowest BCUT2D eigenvalue weighted by Crippen LogP contribution is -2.30. The zero-order valence-electron chi connectivity index (χ0n) is 14.8. The molecule has 0 radical (unpaired) electrons. The Morgan fingerprint density at radius 2 is 1.89 bits per heavy atom. The van der Waals surface area contributed by atoms with Gasteiger partial charge in [0.25, 0.3) is 10.0 Å². The van der Waals surface area contributed by atoms with Crippen molar-refractivity contribution in [1.29, 1.82) is 0 Å². The summed E-state index contributed by atoms with van der Waals surface area (Å²) in [4.78, 5) is 12.1. The van der Waals surface area contributed by atoms with Gasteiger partial charge in [-0.1, -0.05) is 18.5 Å². The highest BCUT2D eigenvalue weighted by Gasteiger charge is 2.42. The molecule has 11 heteroatoms. The largest absolute Gasteiger partial charge is 0.280 e. The minimum atomic E-state index is -4.05. The van der Waals surface area contributed by atoms with Crippen LogP contribution in [0.15, 0.2) is 41.3 Å². The first kappa shape index (κ1) is 20.6. The summed E-state index contributed by atoms with van der Waals surface area (Å²) in [5, 5.41) is -0.237. The van der Waals surface area contributed by atoms with Crippen LogP contribution in [0.2, 0.25) is 5.02 Å². The number of hydrogen-bond acceptors (Lipinski definition) is 5. The van der Waals surface area contributed by atoms with Crippen molar-refractivity contribution in [3.05, 3.63) is 52.8 Å². The van der Waals surface area contributed by atoms with E-state index in [1.807, 2.05) is 0 Å². The molecule has 0 aromatic heterocycles. The number of anilines is 2. The molecule has 1 amide bonds. The predicted molar refractivity (Wildman–Crippen MR) is 104 cm³/mol. The van der Waals surface area contributed by atoms with E-state index in [0.29, 0.717) is 4.31 Å². The van der Waals surface area contributed by atoms with Gasteiger partial charge in [-0.15, -0.1) is 0 Å². The van der Waals surface area contributed by atoms with Gasteiger partial charge >= 0.3 is 0 Å². The molecule has 1 fully saturated rings. The summed E-state index contributed by atoms with van der Waals surface area (Å²) in [6.07, 6.45) is 0. The summed E-state index contributed by atoms with van der Waals surface area (Å²) in [7, 11) is -7.84. The SMILES string of the molecule is Cc1cc(N2C(=O)C(C)CS2(=O)=O)ccc1S(=O)(=O)Nc1ccc(F)c(Cl)c1. The van der Waals surface area contributed by atoms with Crippen molar-refractivity contribution in [3.63, 3.8) is 0 Å². The molecule has 0 bridgehead atoms. The Balaban J connectivity index is 1.96. The second-order valence-electron chi connectivity index (χ2n) is 6.47. The van der Waals surface area contributed by atoms with Crippen molar-refractivity contribution in [3.8, 4) is 0 Å². The van der Waals surface area contributed by atoms with Crippen LogP contribution in [-0.4, -0.2) is 28.5 Å². The summed E-state index contributed by atoms with van der Waals surface area (Å²) < 4.78 is 65.9. The monoisotopic (exact) mass is 446 g/mol. The van der Waals surface area contributed by atoms with Crippen LogP contribution < -0.4 is 9.03 Å². The van der Waals surface area contributed by atoms with Crippen LogP contribution in [0, 0.1) is 18.7 Å². The van der Waals surface area contributed by atoms with Crippen LogP contribution >= 0.6 is 11.6 Å². The lowest BCUT2D eigenvalue weighted by atomic mass is 10.2. The van der Waals surface area contributed by atoms with Crippen LogP contribution in [-0.2, 0) is 24.8 Å². The van der Waals surface area contributed by atoms with Gasteiger partial charge in [-0.3, -0.25) is 9.52 Å². The van der Waals surface area contributed by atoms with E-state index in [1.54, 1.807) is 0 Å². The molecule has 1 aliphatic heterocycles. The Kier molecular flexibility index (Phi) is 5.15. The summed E-state index contributed by atoms with van der Waals surface area (Å²) in [5.41, 5.74) is 0.386. The summed E-state index contributed by atoms with van der Waals surface area (Å²) in [5.74, 6) is -2.21. The second kappa shape index (κ2) is 7.02. The standard InChI is InChI=1S/C17H16ClFN2O5S2/c1-10-7-13(21-17(22)11(2)9-27(21,23)24)4-6-16(10)28(25,26)20-12-3-5-15(19)14(18)8-12/h3-8,11,20H,9H2,1-2H3. The highest BCUT2D eigenvalue weighted by atomic mass is 35.5. The van der Waals surface area contributed by atoms with Gasteiger partial charge in [-0.25, -0.2) is 25.5 Å². The van der Waals surface area contributed by atoms with Crippen molar-refractivity contribution < 1.29 is 26.0 Å². The number of rotatable bonds is 4. The van der Waals surface area contributed by atoms with E-state index in [4.69, 9.17) is 11.6 Å². The van der Waals surface area contributed by atoms with Gasteiger partial charge in [-0.05, 0) is 48.9 Å². The average Bonchev–Trinajstić information content (AvgIpc) is 2.77. The first-order valence-corrected chi connectivity index (χ1v) is 11.5. The third-order valence-electron chi connectivity index (χ3n) is 4.21. The number of amides is 1. The number of carbonyl (C=O) groups excluding carboxylic acids is 1. The predicted octanol–water partition coefficient (Wildman–Crippen LogP) is 2.90. The third-order valence-corrected chi connectivity index (χ3v) is 7.91. The van der Waals surface area contributed by atoms with E-state index in [-0.39, 0.29) is 32.6 Å². The van der Waals surface area contributed by atoms with Crippen LogP contribution in [0.25, 0.3) is 0 Å². The maximum absolute atomic E-state index is 13.2. The lowest BCUT2D eigenvalue weighted by molar-refractivity contribution is -0.119. The topological polar surface area (TPSA) is 101 Å². The molecule has 150 valence electrons. The van der Waals surface area contributed by atoms with E-state index in [2.05, 4.69) is 4.72 Å². The quantitative estimate of drug-likeness (QED) is 0.778. The number of nitrogens with one attached hydrogen (secondary N) is 1. The minimum absolute atomic E-state index is 0.0704. The van der Waals surface area contributed by atoms with Gasteiger partial charge in [0, 0.05) is 0 Å². The number of carbonyl (C=O) groups is 1. The first-order chi connectivity index (χ1) is 12.9. The van der Waals surface area contributed by atoms with Crippen molar-refractivity contribution in [2.24, 2.45) is 5.92 Å². The highest BCUT2D eigenvalue weighted by molar-refractivity contribution is 7.94. The number of hydrogen-bond donors (Lipinski definition) is 1. The molecule has 2 aromatic carbocycles. The van der Waals surface area contributed by atoms with E-state index in [9.17, 15) is 26.0 Å². The Labute approximate surface area is 167 Å². The van der Waals surface area contributed by atoms with Gasteiger partial charge < -0.3 is 0 Å². The van der Waals surface area contributed by atoms with Crippen molar-refractivity contribution >= 4 is 48.9 Å². The molecule has 0 aliphatic carbocycles. The van der Waals surface area contributed by atoms with Crippen LogP contribution in [0.5, 0.6) is 0 Å². The summed E-state index contributed by atoms with van der Waals surface area (Å²) >= 11 is 5.66. The van der Waals surface area contributed by atoms with Crippen molar-refractivity contribution in [2.45, 2.75) is 18.7 Å². The lowest BCUT2D eigenvalue weighted by Gasteiger charge is -2.17. The Morgan fingerprint density at radius 1 is 1.21 bits per heavy atom. The first-order valence-electron chi connectivity index (χ1n) is 8.08. The highest BCUT2D eigenvalue weighted by Crippen LogP contribution is 2.31. The molecule has 1 N–H and O–H groups in total. The Hall–Kier alpha value is -2.17. The number of aryl methyl sites for hydroxylation is 1. The van der Waals surface area contributed by atoms with Crippen LogP contribution in [0.3, 0.4) is 0 Å². The molecule has 1 aliphatic rings. The van der Waals surface area contributed by atoms with Crippen LogP contribution in [0.4, 0.5) is 15.8 Å². The zero-order chi connectivity index (χ0) is 20.9. The van der Waals surface area contributed by atoms with E-state index in [1.165, 1.54) is 38.1 Å². The fourth-order valence-corrected chi connectivity index (χ4v) is 6.19. The zero-order valence-corrected chi connectivity index (χ0v) is 17.2. The number of benzene rings is 2. The maximum atomic E-state index is 13.2. The van der Waals surface area contributed by atoms with E-state index >= 15 is 0 Å². The minimum Gasteiger partial charge on any atom is -0.280 e. The number of sulfonamides is 2. The average molecular weight is 447 g/mol. The number of halogens is 2. The van der Waals surface area contributed by atoms with Crippen LogP contribution in [0.1, 0.15) is 12.5 Å². The molecule has 28 heavy (non-hydrogen) atoms. The molecule has 7 nitrogen and oxygen atoms in total. The molecule has 1 saturated heterocycles. The van der Waals surface area contributed by atoms with E-state index < -0.39 is 37.7 Å². The van der Waals surface area contributed by atoms with Gasteiger partial charge in [0.15, 0.2) is 0 Å². The maximum Gasteiger partial charge on any atom is 0.262 e. The number of nitrogens with zero attached hydrogens (tertiary/aromatic N) is 1. The summed E-state index contributed by atoms with van der Waals surface area (Å²) in [6, 6.07) is 7.17. The fraction of sp³-hybridized carbons (Fsp3) is 0.235. The molecule has 1 unspecified atom stereocenters. The normalized spacial score (nSPS) is 19.1. The Bertz CT molecular complexity index is 1180. The molecule has 2 aromatic rings. The molecular weight excluding hydrogens is 431 g/mol.